The van der Waals surface area contributed by atoms with Crippen molar-refractivity contribution in [1.82, 2.24) is 24.8 Å². The van der Waals surface area contributed by atoms with Crippen LogP contribution in [0.15, 0.2) is 11.1 Å². The van der Waals surface area contributed by atoms with E-state index >= 15 is 0 Å². The number of nitrogens with zero attached hydrogens (tertiary/aromatic N) is 3. The molecule has 192 valence electrons. The summed E-state index contributed by atoms with van der Waals surface area (Å²) >= 11 is 0. The summed E-state index contributed by atoms with van der Waals surface area (Å²) in [5, 5.41) is 20.9. The number of hydrogen-bond donors (Lipinski definition) is 5. The predicted octanol–water partition coefficient (Wildman–Crippen LogP) is 0.00937. The number of hydrogen-bond acceptors (Lipinski definition) is 11. The highest BCUT2D eigenvalue weighted by molar-refractivity contribution is 7.33. The minimum absolute atomic E-state index is 0.0118. The van der Waals surface area contributed by atoms with Crippen molar-refractivity contribution in [2.75, 3.05) is 26.1 Å². The van der Waals surface area contributed by atoms with Crippen molar-refractivity contribution in [2.45, 2.75) is 50.3 Å². The van der Waals surface area contributed by atoms with E-state index in [-0.39, 0.29) is 42.1 Å². The third-order valence-corrected chi connectivity index (χ3v) is 8.28. The monoisotopic (exact) mass is 511 g/mol. The molecule has 3 fully saturated rings. The number of imidazole rings is 1. The molecule has 14 nitrogen and oxygen atoms in total. The number of aromatic amines is 1. The van der Waals surface area contributed by atoms with Gasteiger partial charge in [-0.15, -0.1) is 0 Å². The summed E-state index contributed by atoms with van der Waals surface area (Å²) in [4.78, 5) is 22.8. The molecule has 2 saturated carbocycles. The Kier molecular flexibility index (Phi) is 6.45. The normalized spacial score (nSPS) is 36.8. The minimum atomic E-state index is -2.95. The first-order valence-corrected chi connectivity index (χ1v) is 12.6. The van der Waals surface area contributed by atoms with Gasteiger partial charge in [-0.05, 0) is 24.7 Å². The van der Waals surface area contributed by atoms with E-state index in [9.17, 15) is 14.5 Å². The Morgan fingerprint density at radius 2 is 2.34 bits per heavy atom. The maximum absolute atomic E-state index is 12.7. The van der Waals surface area contributed by atoms with Crippen molar-refractivity contribution >= 4 is 31.7 Å². The highest BCUT2D eigenvalue weighted by Crippen LogP contribution is 2.65. The van der Waals surface area contributed by atoms with Crippen LogP contribution in [-0.4, -0.2) is 75.6 Å². The molecule has 0 spiro atoms. The van der Waals surface area contributed by atoms with Gasteiger partial charge in [-0.2, -0.15) is 4.98 Å². The van der Waals surface area contributed by atoms with Crippen LogP contribution in [0.25, 0.3) is 11.2 Å². The number of aliphatic hydroxyl groups excluding tert-OH is 1. The number of rotatable bonds is 10. The molecule has 9 atom stereocenters. The molecule has 0 aromatic carbocycles. The highest BCUT2D eigenvalue weighted by atomic mass is 31.1. The Morgan fingerprint density at radius 3 is 3.09 bits per heavy atom. The minimum Gasteiger partial charge on any atom is -0.388 e. The Hall–Kier alpha value is -2.35. The van der Waals surface area contributed by atoms with Crippen LogP contribution in [0.3, 0.4) is 0 Å². The van der Waals surface area contributed by atoms with E-state index in [1.54, 1.807) is 11.7 Å². The van der Waals surface area contributed by atoms with Crippen molar-refractivity contribution in [3.05, 3.63) is 16.7 Å². The lowest BCUT2D eigenvalue weighted by molar-refractivity contribution is -0.0371. The average molecular weight is 511 g/mol. The number of nitrogens with one attached hydrogen (secondary N) is 3. The molecule has 15 heteroatoms. The predicted molar refractivity (Wildman–Crippen MR) is 124 cm³/mol. The number of nitrogen functional groups attached to an aromatic ring is 1. The quantitative estimate of drug-likeness (QED) is 0.163. The number of methoxy groups -OCH3 is 1. The Labute approximate surface area is 201 Å². The van der Waals surface area contributed by atoms with E-state index < -0.39 is 37.7 Å². The average Bonchev–Trinajstić information content (AvgIpc) is 3.07. The van der Waals surface area contributed by atoms with Gasteiger partial charge in [0, 0.05) is 12.5 Å². The number of aliphatic hydroxyl groups is 1. The van der Waals surface area contributed by atoms with Crippen LogP contribution in [-0.2, 0) is 23.1 Å². The largest absolute Gasteiger partial charge is 0.388 e. The molecule has 1 unspecified atom stereocenters. The van der Waals surface area contributed by atoms with Gasteiger partial charge >= 0.3 is 8.25 Å². The van der Waals surface area contributed by atoms with E-state index in [0.717, 1.165) is 12.8 Å². The third-order valence-electron chi connectivity index (χ3n) is 7.43. The van der Waals surface area contributed by atoms with E-state index in [0.29, 0.717) is 18.7 Å². The van der Waals surface area contributed by atoms with Crippen LogP contribution in [0.2, 0.25) is 0 Å². The van der Waals surface area contributed by atoms with Crippen LogP contribution in [0, 0.1) is 22.7 Å². The molecule has 1 saturated heterocycles. The number of H-pyrrole nitrogens is 1. The van der Waals surface area contributed by atoms with Gasteiger partial charge < -0.3 is 34.7 Å². The molecular formula is C20H30N7O7P. The maximum atomic E-state index is 12.7. The van der Waals surface area contributed by atoms with Gasteiger partial charge in [-0.25, -0.2) is 4.98 Å². The number of anilines is 1. The molecule has 5 rings (SSSR count). The number of aromatic nitrogens is 4. The number of ether oxygens (including phenoxy) is 2. The number of nitrogens with two attached hydrogens (primary N) is 1. The lowest BCUT2D eigenvalue weighted by atomic mass is 10.0. The first kappa shape index (κ1) is 24.3. The maximum Gasteiger partial charge on any atom is 0.319 e. The Balaban J connectivity index is 1.21. The number of fused-ring (bicyclic) bond motifs is 2. The van der Waals surface area contributed by atoms with Crippen LogP contribution >= 0.6 is 8.25 Å². The second-order valence-corrected chi connectivity index (χ2v) is 10.5. The Bertz CT molecular complexity index is 1190. The molecule has 3 heterocycles. The third kappa shape index (κ3) is 4.17. The van der Waals surface area contributed by atoms with Gasteiger partial charge in [0.25, 0.3) is 5.56 Å². The van der Waals surface area contributed by atoms with E-state index in [1.807, 2.05) is 6.92 Å². The van der Waals surface area contributed by atoms with Gasteiger partial charge in [-0.3, -0.25) is 24.3 Å². The topological polar surface area (TPSA) is 200 Å². The SMILES string of the molecule is COC[C@]12C[C@@H]1[C@@H](NC=N)[C@H](O)[C@@H]2O[PH](=O)OC[C@H]1O[C@@H](n2cnc3c(=O)[nH]c(N)nc32)C[C@@H]1C. The van der Waals surface area contributed by atoms with Gasteiger partial charge in [0.05, 0.1) is 38.0 Å². The summed E-state index contributed by atoms with van der Waals surface area (Å²) < 4.78 is 37.1. The molecule has 2 aliphatic carbocycles. The first-order chi connectivity index (χ1) is 16.8. The van der Waals surface area contributed by atoms with Crippen LogP contribution < -0.4 is 16.6 Å². The summed E-state index contributed by atoms with van der Waals surface area (Å²) in [6, 6.07) is -0.360. The fourth-order valence-corrected chi connectivity index (χ4v) is 6.58. The lowest BCUT2D eigenvalue weighted by Gasteiger charge is -2.27. The fourth-order valence-electron chi connectivity index (χ4n) is 5.63. The molecule has 0 radical (unpaired) electrons. The molecule has 3 aliphatic rings. The molecule has 0 bridgehead atoms. The van der Waals surface area contributed by atoms with Crippen LogP contribution in [0.1, 0.15) is 26.0 Å². The van der Waals surface area contributed by atoms with Crippen LogP contribution in [0.4, 0.5) is 5.95 Å². The smallest absolute Gasteiger partial charge is 0.319 e. The van der Waals surface area contributed by atoms with Crippen molar-refractivity contribution in [3.8, 4) is 0 Å². The highest BCUT2D eigenvalue weighted by Gasteiger charge is 2.72. The fraction of sp³-hybridized carbons (Fsp3) is 0.700. The molecule has 2 aromatic heterocycles. The van der Waals surface area contributed by atoms with E-state index in [1.165, 1.54) is 6.33 Å². The van der Waals surface area contributed by atoms with Crippen molar-refractivity contribution in [3.63, 3.8) is 0 Å². The van der Waals surface area contributed by atoms with E-state index in [4.69, 9.17) is 29.7 Å². The zero-order chi connectivity index (χ0) is 24.9. The lowest BCUT2D eigenvalue weighted by Crippen LogP contribution is -2.44. The van der Waals surface area contributed by atoms with E-state index in [2.05, 4.69) is 20.3 Å². The second-order valence-electron chi connectivity index (χ2n) is 9.52. The van der Waals surface area contributed by atoms with Gasteiger partial charge in [0.15, 0.2) is 11.2 Å². The molecule has 35 heavy (non-hydrogen) atoms. The molecule has 2 aromatic rings. The van der Waals surface area contributed by atoms with Gasteiger partial charge in [0.1, 0.15) is 18.4 Å². The van der Waals surface area contributed by atoms with Crippen molar-refractivity contribution < 1.29 is 28.2 Å². The molecular weight excluding hydrogens is 481 g/mol. The van der Waals surface area contributed by atoms with Crippen LogP contribution in [0.5, 0.6) is 0 Å². The first-order valence-electron chi connectivity index (χ1n) is 11.4. The zero-order valence-electron chi connectivity index (χ0n) is 19.3. The zero-order valence-corrected chi connectivity index (χ0v) is 20.3. The summed E-state index contributed by atoms with van der Waals surface area (Å²) in [5.74, 6) is 0.109. The molecule has 1 aliphatic heterocycles. The summed E-state index contributed by atoms with van der Waals surface area (Å²) in [7, 11) is -1.38. The van der Waals surface area contributed by atoms with Gasteiger partial charge in [-0.1, -0.05) is 6.92 Å². The van der Waals surface area contributed by atoms with Crippen molar-refractivity contribution in [1.29, 1.82) is 5.41 Å². The summed E-state index contributed by atoms with van der Waals surface area (Å²) in [6.45, 7) is 2.37. The Morgan fingerprint density at radius 1 is 1.54 bits per heavy atom. The second kappa shape index (κ2) is 9.26. The summed E-state index contributed by atoms with van der Waals surface area (Å²) in [6.07, 6.45) is 1.40. The summed E-state index contributed by atoms with van der Waals surface area (Å²) in [5.41, 5.74) is 5.30. The van der Waals surface area contributed by atoms with Gasteiger partial charge in [0.2, 0.25) is 5.95 Å². The standard InChI is InChI=1S/C20H30N7O7P/c1-9-3-12(27-8-24-14-17(27)25-19(22)26-18(14)29)33-11(9)5-32-35(30)34-16-15(28)13(23-7-21)10-4-20(10,16)6-31-2/h7-13,15-16,28,35H,3-6H2,1-2H3,(H2,21,23)(H3,22,25,26,29)/t9-,10+,11+,12+,13+,15-,16-,20+/m0/s1. The molecule has 6 N–H and O–H groups in total. The van der Waals surface area contributed by atoms with Crippen molar-refractivity contribution in [2.24, 2.45) is 17.3 Å². The molecule has 0 amide bonds.